The number of nitrogens with one attached hydrogen (secondary N) is 1. The Hall–Kier alpha value is -6.20. The summed E-state index contributed by atoms with van der Waals surface area (Å²) in [4.78, 5) is 0. The van der Waals surface area contributed by atoms with Gasteiger partial charge in [-0.05, 0) is 81.5 Å². The van der Waals surface area contributed by atoms with E-state index in [1.165, 1.54) is 49.5 Å². The van der Waals surface area contributed by atoms with E-state index in [1.807, 2.05) is 12.1 Å². The second-order valence-corrected chi connectivity index (χ2v) is 17.3. The van der Waals surface area contributed by atoms with Crippen LogP contribution in [0.15, 0.2) is 136 Å². The van der Waals surface area contributed by atoms with Crippen molar-refractivity contribution >= 4 is 95.3 Å². The van der Waals surface area contributed by atoms with Crippen LogP contribution in [-0.2, 0) is 10.8 Å². The standard InChI is InChI=1S/C50H40BN2O2/c1-49(2,3)28-15-18-30(19-16-28)52-38-27-44-36(31-11-7-9-13-41(31)55-44)26-35(38)32-20-21-34-45-40(23-24-43-46(45)33-12-8-10-14-42(33)54-43)53-39-22-17-29(50(4,5)6)25-37(39)51-47(32)48(34)53/h7-27,52H,1-6H3. The van der Waals surface area contributed by atoms with Crippen molar-refractivity contribution in [3.8, 4) is 16.8 Å². The number of rotatable bonds is 3. The molecule has 0 saturated carbocycles. The summed E-state index contributed by atoms with van der Waals surface area (Å²) in [6, 6.07) is 46.2. The summed E-state index contributed by atoms with van der Waals surface area (Å²) in [5, 5.41) is 10.8. The van der Waals surface area contributed by atoms with Gasteiger partial charge in [-0.1, -0.05) is 120 Å². The number of benzene rings is 7. The fourth-order valence-electron chi connectivity index (χ4n) is 8.87. The highest BCUT2D eigenvalue weighted by Gasteiger charge is 2.29. The van der Waals surface area contributed by atoms with Crippen LogP contribution in [0, 0.1) is 0 Å². The molecule has 1 aliphatic rings. The Balaban J connectivity index is 1.23. The molecule has 10 aromatic rings. The van der Waals surface area contributed by atoms with Gasteiger partial charge in [-0.2, -0.15) is 0 Å². The van der Waals surface area contributed by atoms with Crippen LogP contribution in [0.3, 0.4) is 0 Å². The van der Waals surface area contributed by atoms with Crippen molar-refractivity contribution in [2.75, 3.05) is 5.32 Å². The van der Waals surface area contributed by atoms with Crippen molar-refractivity contribution < 1.29 is 8.83 Å². The summed E-state index contributed by atoms with van der Waals surface area (Å²) in [7, 11) is 2.42. The first-order chi connectivity index (χ1) is 26.5. The molecule has 0 saturated heterocycles. The summed E-state index contributed by atoms with van der Waals surface area (Å²) in [6.07, 6.45) is 0. The maximum atomic E-state index is 6.48. The highest BCUT2D eigenvalue weighted by atomic mass is 16.3. The lowest BCUT2D eigenvalue weighted by molar-refractivity contribution is 0.590. The molecule has 265 valence electrons. The van der Waals surface area contributed by atoms with Crippen molar-refractivity contribution in [2.45, 2.75) is 52.4 Å². The number of anilines is 2. The van der Waals surface area contributed by atoms with Gasteiger partial charge in [-0.15, -0.1) is 0 Å². The van der Waals surface area contributed by atoms with Crippen LogP contribution < -0.4 is 16.2 Å². The van der Waals surface area contributed by atoms with Crippen molar-refractivity contribution in [1.82, 2.24) is 4.57 Å². The van der Waals surface area contributed by atoms with E-state index in [0.29, 0.717) is 0 Å². The smallest absolute Gasteiger partial charge is 0.197 e. The number of nitrogens with zero attached hydrogens (tertiary/aromatic N) is 1. The zero-order valence-electron chi connectivity index (χ0n) is 32.0. The Bertz CT molecular complexity index is 3220. The number of para-hydroxylation sites is 2. The molecule has 0 atom stereocenters. The molecule has 0 spiro atoms. The van der Waals surface area contributed by atoms with Crippen molar-refractivity contribution in [3.63, 3.8) is 0 Å². The molecular weight excluding hydrogens is 671 g/mol. The van der Waals surface area contributed by atoms with Crippen LogP contribution in [0.5, 0.6) is 0 Å². The summed E-state index contributed by atoms with van der Waals surface area (Å²) in [6.45, 7) is 13.6. The van der Waals surface area contributed by atoms with Crippen LogP contribution in [0.4, 0.5) is 11.4 Å². The third kappa shape index (κ3) is 4.78. The van der Waals surface area contributed by atoms with Gasteiger partial charge < -0.3 is 18.7 Å². The van der Waals surface area contributed by atoms with Gasteiger partial charge in [-0.25, -0.2) is 0 Å². The van der Waals surface area contributed by atoms with E-state index in [0.717, 1.165) is 66.4 Å². The molecule has 0 unspecified atom stereocenters. The van der Waals surface area contributed by atoms with Gasteiger partial charge >= 0.3 is 0 Å². The number of hydrogen-bond donors (Lipinski definition) is 1. The van der Waals surface area contributed by atoms with Crippen molar-refractivity contribution in [1.29, 1.82) is 0 Å². The molecule has 0 bridgehead atoms. The first-order valence-corrected chi connectivity index (χ1v) is 19.3. The van der Waals surface area contributed by atoms with Crippen LogP contribution >= 0.6 is 0 Å². The Labute approximate surface area is 320 Å². The Morgan fingerprint density at radius 3 is 1.98 bits per heavy atom. The normalized spacial score (nSPS) is 13.1. The molecule has 0 fully saturated rings. The second-order valence-electron chi connectivity index (χ2n) is 17.3. The SMILES string of the molecule is CC(C)(C)c1ccc(Nc2cc3oc4ccccc4c3cc2-c2ccc3c4c5c(ccc4n4c3c2[B]c2cc(C(C)(C)C)ccc2-4)oc2ccccc25)cc1. The number of fused-ring (bicyclic) bond motifs is 12. The first-order valence-electron chi connectivity index (χ1n) is 19.3. The lowest BCUT2D eigenvalue weighted by Crippen LogP contribution is -2.38. The second kappa shape index (κ2) is 11.2. The minimum absolute atomic E-state index is 0.00557. The zero-order valence-corrected chi connectivity index (χ0v) is 32.0. The molecule has 5 heteroatoms. The summed E-state index contributed by atoms with van der Waals surface area (Å²) in [5.41, 5.74) is 16.6. The molecule has 4 heterocycles. The van der Waals surface area contributed by atoms with E-state index in [-0.39, 0.29) is 10.8 Å². The minimum Gasteiger partial charge on any atom is -0.456 e. The quantitative estimate of drug-likeness (QED) is 0.186. The summed E-state index contributed by atoms with van der Waals surface area (Å²) < 4.78 is 15.4. The van der Waals surface area contributed by atoms with E-state index < -0.39 is 0 Å². The number of hydrogen-bond acceptors (Lipinski definition) is 3. The van der Waals surface area contributed by atoms with Gasteiger partial charge in [0.25, 0.3) is 0 Å². The molecule has 0 amide bonds. The fraction of sp³-hybridized carbons (Fsp3) is 0.160. The van der Waals surface area contributed by atoms with E-state index in [1.54, 1.807) is 0 Å². The third-order valence-electron chi connectivity index (χ3n) is 11.7. The minimum atomic E-state index is 0.00557. The predicted octanol–water partition coefficient (Wildman–Crippen LogP) is 12.6. The average Bonchev–Trinajstić information content (AvgIpc) is 3.84. The zero-order chi connectivity index (χ0) is 37.4. The maximum absolute atomic E-state index is 6.48. The monoisotopic (exact) mass is 711 g/mol. The van der Waals surface area contributed by atoms with Crippen LogP contribution in [0.1, 0.15) is 52.7 Å². The lowest BCUT2D eigenvalue weighted by atomic mass is 9.58. The molecular formula is C50H40BN2O2. The molecule has 1 aliphatic heterocycles. The molecule has 1 N–H and O–H groups in total. The highest BCUT2D eigenvalue weighted by molar-refractivity contribution is 6.73. The maximum Gasteiger partial charge on any atom is 0.197 e. The van der Waals surface area contributed by atoms with Crippen LogP contribution in [-0.4, -0.2) is 11.8 Å². The molecule has 11 rings (SSSR count). The average molecular weight is 712 g/mol. The van der Waals surface area contributed by atoms with Gasteiger partial charge in [0.2, 0.25) is 0 Å². The highest BCUT2D eigenvalue weighted by Crippen LogP contribution is 2.44. The topological polar surface area (TPSA) is 43.2 Å². The molecule has 4 nitrogen and oxygen atoms in total. The van der Waals surface area contributed by atoms with Crippen molar-refractivity contribution in [3.05, 3.63) is 139 Å². The van der Waals surface area contributed by atoms with Crippen LogP contribution in [0.25, 0.3) is 82.5 Å². The van der Waals surface area contributed by atoms with Gasteiger partial charge in [0.15, 0.2) is 7.28 Å². The Morgan fingerprint density at radius 1 is 0.527 bits per heavy atom. The Kier molecular flexibility index (Phi) is 6.55. The summed E-state index contributed by atoms with van der Waals surface area (Å²) in [5.74, 6) is 0. The molecule has 7 aromatic carbocycles. The van der Waals surface area contributed by atoms with E-state index in [2.05, 4.69) is 174 Å². The van der Waals surface area contributed by atoms with E-state index >= 15 is 0 Å². The first kappa shape index (κ1) is 32.3. The van der Waals surface area contributed by atoms with E-state index in [4.69, 9.17) is 8.83 Å². The van der Waals surface area contributed by atoms with Gasteiger partial charge in [0, 0.05) is 60.8 Å². The lowest BCUT2D eigenvalue weighted by Gasteiger charge is -2.26. The predicted molar refractivity (Wildman–Crippen MR) is 233 cm³/mol. The van der Waals surface area contributed by atoms with Crippen molar-refractivity contribution in [2.24, 2.45) is 0 Å². The van der Waals surface area contributed by atoms with E-state index in [9.17, 15) is 0 Å². The molecule has 1 radical (unpaired) electrons. The Morgan fingerprint density at radius 2 is 1.22 bits per heavy atom. The molecule has 3 aromatic heterocycles. The van der Waals surface area contributed by atoms with Gasteiger partial charge in [0.1, 0.15) is 22.3 Å². The summed E-state index contributed by atoms with van der Waals surface area (Å²) >= 11 is 0. The number of aromatic nitrogens is 1. The largest absolute Gasteiger partial charge is 0.456 e. The van der Waals surface area contributed by atoms with Gasteiger partial charge in [-0.3, -0.25) is 0 Å². The number of furan rings is 2. The fourth-order valence-corrected chi connectivity index (χ4v) is 8.87. The van der Waals surface area contributed by atoms with Gasteiger partial charge in [0.05, 0.1) is 11.2 Å². The molecule has 0 aliphatic carbocycles. The van der Waals surface area contributed by atoms with Crippen LogP contribution in [0.2, 0.25) is 0 Å². The third-order valence-corrected chi connectivity index (χ3v) is 11.7. The molecule has 55 heavy (non-hydrogen) atoms.